The molecule has 1 aromatic rings. The Bertz CT molecular complexity index is 450. The number of ether oxygens (including phenoxy) is 1. The summed E-state index contributed by atoms with van der Waals surface area (Å²) in [4.78, 5) is 20.7. The zero-order chi connectivity index (χ0) is 13.0. The second-order valence-electron chi connectivity index (χ2n) is 3.48. The molecule has 6 nitrogen and oxygen atoms in total. The summed E-state index contributed by atoms with van der Waals surface area (Å²) in [6, 6.07) is 3.98. The van der Waals surface area contributed by atoms with E-state index in [0.29, 0.717) is 5.75 Å². The predicted octanol–water partition coefficient (Wildman–Crippen LogP) is 1.75. The largest absolute Gasteiger partial charge is 0.493 e. The number of carbonyl (C=O) groups excluding carboxylic acids is 1. The van der Waals surface area contributed by atoms with Crippen LogP contribution in [-0.2, 0) is 4.79 Å². The summed E-state index contributed by atoms with van der Waals surface area (Å²) in [5.41, 5.74) is 4.87. The van der Waals surface area contributed by atoms with Crippen LogP contribution in [0.5, 0.6) is 5.75 Å². The van der Waals surface area contributed by atoms with Crippen LogP contribution in [0.2, 0.25) is 5.02 Å². The molecule has 1 rings (SSSR count). The van der Waals surface area contributed by atoms with Crippen LogP contribution in [0.25, 0.3) is 0 Å². The molecule has 1 amide bonds. The van der Waals surface area contributed by atoms with Crippen molar-refractivity contribution >= 4 is 23.2 Å². The lowest BCUT2D eigenvalue weighted by molar-refractivity contribution is -0.384. The molecule has 0 aliphatic carbocycles. The molecule has 1 aromatic carbocycles. The van der Waals surface area contributed by atoms with Gasteiger partial charge in [0.25, 0.3) is 5.69 Å². The van der Waals surface area contributed by atoms with Gasteiger partial charge in [-0.1, -0.05) is 18.5 Å². The van der Waals surface area contributed by atoms with Gasteiger partial charge in [-0.3, -0.25) is 14.9 Å². The van der Waals surface area contributed by atoms with Crippen molar-refractivity contribution in [3.05, 3.63) is 33.3 Å². The van der Waals surface area contributed by atoms with Crippen LogP contribution in [0.3, 0.4) is 0 Å². The minimum absolute atomic E-state index is 0.0146. The quantitative estimate of drug-likeness (QED) is 0.643. The lowest BCUT2D eigenvalue weighted by Crippen LogP contribution is -2.25. The van der Waals surface area contributed by atoms with Crippen LogP contribution < -0.4 is 10.5 Å². The maximum Gasteiger partial charge on any atom is 0.288 e. The van der Waals surface area contributed by atoms with Crippen LogP contribution in [-0.4, -0.2) is 17.4 Å². The van der Waals surface area contributed by atoms with E-state index in [-0.39, 0.29) is 17.3 Å². The molecule has 0 radical (unpaired) electrons. The fourth-order valence-electron chi connectivity index (χ4n) is 1.03. The summed E-state index contributed by atoms with van der Waals surface area (Å²) in [6.45, 7) is 1.72. The van der Waals surface area contributed by atoms with Gasteiger partial charge < -0.3 is 10.5 Å². The van der Waals surface area contributed by atoms with Gasteiger partial charge in [-0.15, -0.1) is 0 Å². The van der Waals surface area contributed by atoms with Crippen molar-refractivity contribution in [1.82, 2.24) is 0 Å². The van der Waals surface area contributed by atoms with E-state index >= 15 is 0 Å². The van der Waals surface area contributed by atoms with E-state index in [1.54, 1.807) is 6.92 Å². The Balaban J connectivity index is 2.71. The molecule has 0 aliphatic rings. The SMILES string of the molecule is CC(COc1ccc([N+](=O)[O-])c(Cl)c1)C(N)=O. The number of hydrogen-bond acceptors (Lipinski definition) is 4. The lowest BCUT2D eigenvalue weighted by Gasteiger charge is -2.09. The molecule has 0 saturated carbocycles. The van der Waals surface area contributed by atoms with Gasteiger partial charge in [0, 0.05) is 12.1 Å². The van der Waals surface area contributed by atoms with Crippen molar-refractivity contribution in [1.29, 1.82) is 0 Å². The molecule has 0 fully saturated rings. The van der Waals surface area contributed by atoms with Crippen LogP contribution in [0.4, 0.5) is 5.69 Å². The summed E-state index contributed by atoms with van der Waals surface area (Å²) in [5, 5.41) is 10.5. The second kappa shape index (κ2) is 5.49. The number of nitro benzene ring substituents is 1. The van der Waals surface area contributed by atoms with Crippen molar-refractivity contribution in [2.45, 2.75) is 6.92 Å². The summed E-state index contributed by atoms with van der Waals surface area (Å²) in [7, 11) is 0. The number of nitrogens with two attached hydrogens (primary N) is 1. The fourth-order valence-corrected chi connectivity index (χ4v) is 1.27. The van der Waals surface area contributed by atoms with Crippen molar-refractivity contribution in [3.63, 3.8) is 0 Å². The number of benzene rings is 1. The van der Waals surface area contributed by atoms with Crippen LogP contribution in [0.15, 0.2) is 18.2 Å². The Kier molecular flexibility index (Phi) is 4.28. The van der Waals surface area contributed by atoms with Gasteiger partial charge >= 0.3 is 0 Å². The highest BCUT2D eigenvalue weighted by molar-refractivity contribution is 6.32. The number of carbonyl (C=O) groups is 1. The van der Waals surface area contributed by atoms with Crippen molar-refractivity contribution in [2.75, 3.05) is 6.61 Å². The Morgan fingerprint density at radius 1 is 1.65 bits per heavy atom. The van der Waals surface area contributed by atoms with E-state index in [1.165, 1.54) is 18.2 Å². The van der Waals surface area contributed by atoms with E-state index in [2.05, 4.69) is 0 Å². The molecule has 2 N–H and O–H groups in total. The first kappa shape index (κ1) is 13.2. The van der Waals surface area contributed by atoms with Gasteiger partial charge in [0.15, 0.2) is 0 Å². The number of rotatable bonds is 5. The van der Waals surface area contributed by atoms with Crippen LogP contribution in [0.1, 0.15) is 6.92 Å². The fraction of sp³-hybridized carbons (Fsp3) is 0.300. The molecule has 0 spiro atoms. The second-order valence-corrected chi connectivity index (χ2v) is 3.89. The lowest BCUT2D eigenvalue weighted by atomic mass is 10.2. The molecule has 17 heavy (non-hydrogen) atoms. The molecule has 1 atom stereocenters. The van der Waals surface area contributed by atoms with Crippen molar-refractivity contribution < 1.29 is 14.5 Å². The highest BCUT2D eigenvalue weighted by Crippen LogP contribution is 2.28. The smallest absolute Gasteiger partial charge is 0.288 e. The molecule has 0 heterocycles. The molecule has 0 bridgehead atoms. The number of halogens is 1. The highest BCUT2D eigenvalue weighted by Gasteiger charge is 2.14. The minimum Gasteiger partial charge on any atom is -0.493 e. The van der Waals surface area contributed by atoms with Gasteiger partial charge in [-0.25, -0.2) is 0 Å². The van der Waals surface area contributed by atoms with Crippen molar-refractivity contribution in [3.8, 4) is 5.75 Å². The topological polar surface area (TPSA) is 95.5 Å². The highest BCUT2D eigenvalue weighted by atomic mass is 35.5. The maximum atomic E-state index is 10.8. The monoisotopic (exact) mass is 258 g/mol. The zero-order valence-corrected chi connectivity index (χ0v) is 9.81. The maximum absolute atomic E-state index is 10.8. The van der Waals surface area contributed by atoms with E-state index in [1.807, 2.05) is 0 Å². The van der Waals surface area contributed by atoms with Crippen molar-refractivity contribution in [2.24, 2.45) is 11.7 Å². The Labute approximate surface area is 102 Å². The molecule has 1 unspecified atom stereocenters. The van der Waals surface area contributed by atoms with E-state index in [0.717, 1.165) is 0 Å². The van der Waals surface area contributed by atoms with E-state index in [4.69, 9.17) is 22.1 Å². The predicted molar refractivity (Wildman–Crippen MR) is 62.0 cm³/mol. The summed E-state index contributed by atoms with van der Waals surface area (Å²) >= 11 is 5.69. The molecular formula is C10H11ClN2O4. The zero-order valence-electron chi connectivity index (χ0n) is 9.05. The third-order valence-corrected chi connectivity index (χ3v) is 2.40. The number of primary amides is 1. The number of nitro groups is 1. The van der Waals surface area contributed by atoms with Crippen LogP contribution >= 0.6 is 11.6 Å². The van der Waals surface area contributed by atoms with Gasteiger partial charge in [-0.2, -0.15) is 0 Å². The summed E-state index contributed by atoms with van der Waals surface area (Å²) < 4.78 is 5.24. The average Bonchev–Trinajstić information content (AvgIpc) is 2.25. The van der Waals surface area contributed by atoms with Gasteiger partial charge in [0.05, 0.1) is 17.4 Å². The molecule has 0 aromatic heterocycles. The first-order chi connectivity index (χ1) is 7.91. The minimum atomic E-state index is -0.585. The Morgan fingerprint density at radius 2 is 2.29 bits per heavy atom. The normalized spacial score (nSPS) is 11.9. The molecule has 92 valence electrons. The number of amides is 1. The summed E-state index contributed by atoms with van der Waals surface area (Å²) in [6.07, 6.45) is 0. The summed E-state index contributed by atoms with van der Waals surface area (Å²) in [5.74, 6) is -0.560. The first-order valence-corrected chi connectivity index (χ1v) is 5.15. The van der Waals surface area contributed by atoms with Gasteiger partial charge in [-0.05, 0) is 6.07 Å². The van der Waals surface area contributed by atoms with Crippen LogP contribution in [0, 0.1) is 16.0 Å². The molecule has 0 aliphatic heterocycles. The molecule has 7 heteroatoms. The van der Waals surface area contributed by atoms with Gasteiger partial charge in [0.1, 0.15) is 10.8 Å². The van der Waals surface area contributed by atoms with E-state index in [9.17, 15) is 14.9 Å². The molecule has 0 saturated heterocycles. The van der Waals surface area contributed by atoms with E-state index < -0.39 is 16.7 Å². The standard InChI is InChI=1S/C10H11ClN2O4/c1-6(10(12)14)5-17-7-2-3-9(13(15)16)8(11)4-7/h2-4,6H,5H2,1H3,(H2,12,14). The molecular weight excluding hydrogens is 248 g/mol. The van der Waals surface area contributed by atoms with Gasteiger partial charge in [0.2, 0.25) is 5.91 Å². The number of hydrogen-bond donors (Lipinski definition) is 1. The Morgan fingerprint density at radius 3 is 2.76 bits per heavy atom. The third-order valence-electron chi connectivity index (χ3n) is 2.10. The Hall–Kier alpha value is -1.82. The first-order valence-electron chi connectivity index (χ1n) is 4.78. The third kappa shape index (κ3) is 3.60. The average molecular weight is 259 g/mol. The number of nitrogens with zero attached hydrogens (tertiary/aromatic N) is 1.